The van der Waals surface area contributed by atoms with Crippen LogP contribution in [0.4, 0.5) is 0 Å². The largest absolute Gasteiger partial charge is 0.463 e. The molecule has 2 heterocycles. The Morgan fingerprint density at radius 2 is 1.72 bits per heavy atom. The van der Waals surface area contributed by atoms with E-state index in [0.29, 0.717) is 19.3 Å². The number of hydrogen-bond acceptors (Lipinski definition) is 7. The molecule has 43 heavy (non-hydrogen) atoms. The molecule has 0 radical (unpaired) electrons. The number of benzene rings is 1. The van der Waals surface area contributed by atoms with E-state index in [1.807, 2.05) is 13.8 Å². The lowest BCUT2D eigenvalue weighted by Crippen LogP contribution is -2.33. The standard InChI is InChI=1S/C36H54O7/c1-27(2)41-34(38)17-9-4-3-8-16-30-31(33(26-32(30)37)43-36-19-11-13-25-40-36)23-22-29(42-35-18-10-12-24-39-35)21-20-28-14-6-5-7-15-28/h3,5-8,14-15,27,29-31,33,35-36H,4,9-13,16-26H2,1-2H3/t29-,30+,31+,33+,35?,36?/m0/s1. The fourth-order valence-electron chi connectivity index (χ4n) is 6.57. The van der Waals surface area contributed by atoms with Crippen molar-refractivity contribution in [3.63, 3.8) is 0 Å². The van der Waals surface area contributed by atoms with Crippen LogP contribution in [0, 0.1) is 11.8 Å². The van der Waals surface area contributed by atoms with Crippen LogP contribution in [0.15, 0.2) is 42.5 Å². The van der Waals surface area contributed by atoms with Gasteiger partial charge in [0.25, 0.3) is 0 Å². The molecule has 2 saturated heterocycles. The summed E-state index contributed by atoms with van der Waals surface area (Å²) in [6, 6.07) is 10.6. The third-order valence-corrected chi connectivity index (χ3v) is 8.85. The molecule has 7 heteroatoms. The summed E-state index contributed by atoms with van der Waals surface area (Å²) >= 11 is 0. The highest BCUT2D eigenvalue weighted by Gasteiger charge is 2.43. The summed E-state index contributed by atoms with van der Waals surface area (Å²) in [5.74, 6) is 0.186. The van der Waals surface area contributed by atoms with E-state index in [1.54, 1.807) is 0 Å². The van der Waals surface area contributed by atoms with Crippen LogP contribution in [0.1, 0.15) is 109 Å². The van der Waals surface area contributed by atoms with Crippen molar-refractivity contribution in [3.8, 4) is 0 Å². The lowest BCUT2D eigenvalue weighted by Gasteiger charge is -2.32. The van der Waals surface area contributed by atoms with Gasteiger partial charge in [-0.15, -0.1) is 0 Å². The van der Waals surface area contributed by atoms with Gasteiger partial charge in [-0.1, -0.05) is 42.5 Å². The SMILES string of the molecule is CC(C)OC(=O)CCCC=CC[C@H]1C(=O)C[C@@H](OC2CCCCO2)[C@@H]1CC[C@H](CCc1ccccc1)OC1CCCCO1. The minimum Gasteiger partial charge on any atom is -0.463 e. The second kappa shape index (κ2) is 18.7. The van der Waals surface area contributed by atoms with E-state index >= 15 is 0 Å². The molecule has 1 aromatic carbocycles. The van der Waals surface area contributed by atoms with Crippen molar-refractivity contribution in [1.82, 2.24) is 0 Å². The number of hydrogen-bond donors (Lipinski definition) is 0. The number of carbonyl (C=O) groups excluding carboxylic acids is 2. The number of esters is 1. The third kappa shape index (κ3) is 12.1. The molecule has 2 unspecified atom stereocenters. The van der Waals surface area contributed by atoms with Crippen LogP contribution in [0.5, 0.6) is 0 Å². The molecule has 0 spiro atoms. The first kappa shape index (κ1) is 33.8. The zero-order chi connectivity index (χ0) is 30.3. The number of carbonyl (C=O) groups is 2. The van der Waals surface area contributed by atoms with Gasteiger partial charge < -0.3 is 23.7 Å². The molecular formula is C36H54O7. The van der Waals surface area contributed by atoms with E-state index in [9.17, 15) is 9.59 Å². The average Bonchev–Trinajstić information content (AvgIpc) is 3.30. The minimum atomic E-state index is -0.213. The molecule has 3 fully saturated rings. The summed E-state index contributed by atoms with van der Waals surface area (Å²) in [6.07, 6.45) is 16.7. The van der Waals surface area contributed by atoms with E-state index in [4.69, 9.17) is 23.7 Å². The van der Waals surface area contributed by atoms with Crippen LogP contribution in [0.2, 0.25) is 0 Å². The molecule has 3 aliphatic rings. The summed E-state index contributed by atoms with van der Waals surface area (Å²) in [5, 5.41) is 0. The number of Topliss-reactive ketones (excluding diaryl/α,β-unsaturated/α-hetero) is 1. The van der Waals surface area contributed by atoms with Gasteiger partial charge in [0.2, 0.25) is 0 Å². The number of rotatable bonds is 17. The quantitative estimate of drug-likeness (QED) is 0.104. The Kier molecular flexibility index (Phi) is 14.7. The Balaban J connectivity index is 1.36. The first-order valence-electron chi connectivity index (χ1n) is 16.9. The smallest absolute Gasteiger partial charge is 0.306 e. The van der Waals surface area contributed by atoms with Crippen molar-refractivity contribution >= 4 is 11.8 Å². The van der Waals surface area contributed by atoms with Gasteiger partial charge in [0.1, 0.15) is 5.78 Å². The summed E-state index contributed by atoms with van der Waals surface area (Å²) in [5.41, 5.74) is 1.31. The maximum Gasteiger partial charge on any atom is 0.306 e. The lowest BCUT2D eigenvalue weighted by atomic mass is 9.85. The molecule has 1 aromatic rings. The van der Waals surface area contributed by atoms with Crippen molar-refractivity contribution < 1.29 is 33.3 Å². The first-order valence-corrected chi connectivity index (χ1v) is 16.9. The van der Waals surface area contributed by atoms with Gasteiger partial charge in [0.15, 0.2) is 12.6 Å². The van der Waals surface area contributed by atoms with Gasteiger partial charge in [0, 0.05) is 32.0 Å². The van der Waals surface area contributed by atoms with E-state index in [-0.39, 0.29) is 54.5 Å². The summed E-state index contributed by atoms with van der Waals surface area (Å²) in [7, 11) is 0. The number of aryl methyl sites for hydroxylation is 1. The topological polar surface area (TPSA) is 80.3 Å². The predicted molar refractivity (Wildman–Crippen MR) is 166 cm³/mol. The molecule has 0 aromatic heterocycles. The van der Waals surface area contributed by atoms with Gasteiger partial charge >= 0.3 is 5.97 Å². The van der Waals surface area contributed by atoms with E-state index in [0.717, 1.165) is 90.3 Å². The molecule has 6 atom stereocenters. The minimum absolute atomic E-state index is 0.0624. The fraction of sp³-hybridized carbons (Fsp3) is 0.722. The lowest BCUT2D eigenvalue weighted by molar-refractivity contribution is -0.200. The third-order valence-electron chi connectivity index (χ3n) is 8.85. The monoisotopic (exact) mass is 598 g/mol. The van der Waals surface area contributed by atoms with E-state index < -0.39 is 0 Å². The number of allylic oxidation sites excluding steroid dienone is 2. The molecule has 0 bridgehead atoms. The summed E-state index contributed by atoms with van der Waals surface area (Å²) in [6.45, 7) is 5.22. The molecule has 0 amide bonds. The summed E-state index contributed by atoms with van der Waals surface area (Å²) < 4.78 is 30.2. The predicted octanol–water partition coefficient (Wildman–Crippen LogP) is 7.50. The van der Waals surface area contributed by atoms with Crippen molar-refractivity contribution in [1.29, 1.82) is 0 Å². The molecule has 1 aliphatic carbocycles. The molecule has 1 saturated carbocycles. The Labute approximate surface area is 259 Å². The van der Waals surface area contributed by atoms with Crippen LogP contribution in [0.3, 0.4) is 0 Å². The average molecular weight is 599 g/mol. The number of ether oxygens (including phenoxy) is 5. The Hall–Kier alpha value is -2.06. The normalized spacial score (nSPS) is 27.1. The zero-order valence-electron chi connectivity index (χ0n) is 26.5. The van der Waals surface area contributed by atoms with Crippen LogP contribution in [0.25, 0.3) is 0 Å². The van der Waals surface area contributed by atoms with Crippen LogP contribution >= 0.6 is 0 Å². The van der Waals surface area contributed by atoms with Crippen molar-refractivity contribution in [2.45, 2.75) is 141 Å². The van der Waals surface area contributed by atoms with Crippen LogP contribution in [-0.2, 0) is 39.7 Å². The van der Waals surface area contributed by atoms with Crippen LogP contribution < -0.4 is 0 Å². The van der Waals surface area contributed by atoms with Crippen molar-refractivity contribution in [2.24, 2.45) is 11.8 Å². The Morgan fingerprint density at radius 1 is 0.977 bits per heavy atom. The summed E-state index contributed by atoms with van der Waals surface area (Å²) in [4.78, 5) is 25.2. The van der Waals surface area contributed by atoms with Crippen molar-refractivity contribution in [3.05, 3.63) is 48.0 Å². The molecule has 2 aliphatic heterocycles. The fourth-order valence-corrected chi connectivity index (χ4v) is 6.57. The highest BCUT2D eigenvalue weighted by molar-refractivity contribution is 5.84. The van der Waals surface area contributed by atoms with Gasteiger partial charge in [-0.25, -0.2) is 0 Å². The first-order chi connectivity index (χ1) is 21.0. The number of unbranched alkanes of at least 4 members (excludes halogenated alkanes) is 1. The van der Waals surface area contributed by atoms with E-state index in [2.05, 4.69) is 42.5 Å². The van der Waals surface area contributed by atoms with Crippen LogP contribution in [-0.4, -0.2) is 55.9 Å². The molecule has 7 nitrogen and oxygen atoms in total. The highest BCUT2D eigenvalue weighted by Crippen LogP contribution is 2.39. The van der Waals surface area contributed by atoms with Gasteiger partial charge in [-0.05, 0) is 109 Å². The Morgan fingerprint density at radius 3 is 2.42 bits per heavy atom. The van der Waals surface area contributed by atoms with Gasteiger partial charge in [-0.2, -0.15) is 0 Å². The van der Waals surface area contributed by atoms with E-state index in [1.165, 1.54) is 5.56 Å². The Bertz CT molecular complexity index is 965. The molecule has 0 N–H and O–H groups in total. The maximum absolute atomic E-state index is 13.4. The maximum atomic E-state index is 13.4. The molecule has 4 rings (SSSR count). The van der Waals surface area contributed by atoms with Gasteiger partial charge in [-0.3, -0.25) is 9.59 Å². The van der Waals surface area contributed by atoms with Gasteiger partial charge in [0.05, 0.1) is 18.3 Å². The second-order valence-corrected chi connectivity index (χ2v) is 12.7. The zero-order valence-corrected chi connectivity index (χ0v) is 26.5. The number of ketones is 1. The molecule has 240 valence electrons. The highest BCUT2D eigenvalue weighted by atomic mass is 16.7. The van der Waals surface area contributed by atoms with Crippen molar-refractivity contribution in [2.75, 3.05) is 13.2 Å². The molecular weight excluding hydrogens is 544 g/mol. The second-order valence-electron chi connectivity index (χ2n) is 12.7.